The maximum atomic E-state index is 13.6. The highest BCUT2D eigenvalue weighted by molar-refractivity contribution is 7.45. The Morgan fingerprint density at radius 2 is 0.753 bits per heavy atom. The molecular weight excluding hydrogens is 1070 g/mol. The predicted molar refractivity (Wildman–Crippen MR) is 367 cm³/mol. The van der Waals surface area contributed by atoms with Crippen LogP contribution in [-0.4, -0.2) is 69.4 Å². The number of nitrogens with one attached hydrogen (secondary N) is 1. The number of esters is 1. The summed E-state index contributed by atoms with van der Waals surface area (Å²) in [5.41, 5.74) is 0. The van der Waals surface area contributed by atoms with Gasteiger partial charge < -0.3 is 28.5 Å². The molecule has 0 heterocycles. The van der Waals surface area contributed by atoms with Crippen LogP contribution in [0.1, 0.15) is 303 Å². The molecule has 0 bridgehead atoms. The maximum absolute atomic E-state index is 13.6. The van der Waals surface area contributed by atoms with Gasteiger partial charge in [-0.05, 0) is 115 Å². The Kier molecular flexibility index (Phi) is 61.2. The second-order valence-corrected chi connectivity index (χ2v) is 26.1. The Morgan fingerprint density at radius 3 is 1.15 bits per heavy atom. The zero-order valence-corrected chi connectivity index (χ0v) is 56.9. The minimum absolute atomic E-state index is 0.0284. The zero-order valence-electron chi connectivity index (χ0n) is 56.0. The minimum Gasteiger partial charge on any atom is -0.756 e. The Hall–Kier alpha value is -3.33. The van der Waals surface area contributed by atoms with Crippen LogP contribution in [0.4, 0.5) is 0 Å². The van der Waals surface area contributed by atoms with Gasteiger partial charge >= 0.3 is 5.97 Å². The van der Waals surface area contributed by atoms with Crippen molar-refractivity contribution in [3.63, 3.8) is 0 Å². The van der Waals surface area contributed by atoms with E-state index in [1.807, 2.05) is 33.3 Å². The van der Waals surface area contributed by atoms with Gasteiger partial charge in [-0.25, -0.2) is 0 Å². The molecule has 9 nitrogen and oxygen atoms in total. The van der Waals surface area contributed by atoms with Crippen molar-refractivity contribution in [2.75, 3.05) is 40.9 Å². The lowest BCUT2D eigenvalue weighted by atomic mass is 10.0. The average Bonchev–Trinajstić information content (AvgIpc) is 3.59. The van der Waals surface area contributed by atoms with E-state index >= 15 is 0 Å². The second-order valence-electron chi connectivity index (χ2n) is 24.6. The number of unbranched alkanes of at least 4 members (excludes halogenated alkanes) is 31. The van der Waals surface area contributed by atoms with Crippen LogP contribution in [0, 0.1) is 0 Å². The molecule has 0 fully saturated rings. The molecule has 0 aliphatic rings. The van der Waals surface area contributed by atoms with Gasteiger partial charge in [0.25, 0.3) is 7.82 Å². The fraction of sp³-hybridized carbons (Fsp3) is 0.733. The summed E-state index contributed by atoms with van der Waals surface area (Å²) in [6.45, 7) is 6.71. The molecular formula is C75H133N2O7P. The summed E-state index contributed by atoms with van der Waals surface area (Å²) in [6, 6.07) is -0.900. The molecule has 0 saturated heterocycles. The fourth-order valence-corrected chi connectivity index (χ4v) is 10.5. The summed E-state index contributed by atoms with van der Waals surface area (Å²) in [7, 11) is 1.17. The third-order valence-corrected chi connectivity index (χ3v) is 16.2. The second kappa shape index (κ2) is 63.7. The van der Waals surface area contributed by atoms with Gasteiger partial charge in [-0.15, -0.1) is 0 Å². The summed E-state index contributed by atoms with van der Waals surface area (Å²) < 4.78 is 30.4. The van der Waals surface area contributed by atoms with Crippen molar-refractivity contribution < 1.29 is 37.3 Å². The van der Waals surface area contributed by atoms with Crippen molar-refractivity contribution in [3.05, 3.63) is 109 Å². The Labute approximate surface area is 525 Å². The number of carbonyl (C=O) groups is 2. The number of likely N-dealkylation sites (N-methyl/N-ethyl adjacent to an activating group) is 1. The Bertz CT molecular complexity index is 1820. The monoisotopic (exact) mass is 1200 g/mol. The van der Waals surface area contributed by atoms with Gasteiger partial charge in [-0.3, -0.25) is 14.2 Å². The fourth-order valence-electron chi connectivity index (χ4n) is 9.79. The number of ether oxygens (including phenoxy) is 1. The lowest BCUT2D eigenvalue weighted by Gasteiger charge is -2.30. The number of rotatable bonds is 63. The zero-order chi connectivity index (χ0) is 62.1. The molecule has 1 N–H and O–H groups in total. The molecule has 0 saturated carbocycles. The van der Waals surface area contributed by atoms with Crippen LogP contribution >= 0.6 is 7.82 Å². The van der Waals surface area contributed by atoms with Gasteiger partial charge in [0.1, 0.15) is 19.3 Å². The van der Waals surface area contributed by atoms with E-state index in [4.69, 9.17) is 13.8 Å². The molecule has 10 heteroatoms. The van der Waals surface area contributed by atoms with Gasteiger partial charge in [0, 0.05) is 12.8 Å². The number of carbonyl (C=O) groups excluding carboxylic acids is 2. The highest BCUT2D eigenvalue weighted by Gasteiger charge is 2.27. The first-order valence-electron chi connectivity index (χ1n) is 35.2. The average molecular weight is 1210 g/mol. The van der Waals surface area contributed by atoms with Crippen LogP contribution < -0.4 is 10.2 Å². The standard InChI is InChI=1S/C75H133N2O7P/c1-7-10-13-16-19-22-25-27-29-31-33-35-36-37-38-39-40-42-44-46-48-50-53-56-59-62-65-68-75(79)84-73(66-63-60-57-54-51-24-21-18-15-12-9-3)72(71-83-85(80,81)82-70-69-77(4,5)6)76-74(78)67-64-61-58-55-52-49-47-45-43-41-34-32-30-28-26-23-20-17-14-11-8-2/h10,13,19-20,22-23,27-30,33,35,37-38,40,42,63,66,72-73H,7-9,11-12,14-18,21,24-26,31-32,34,36,39,41,43-62,64-65,67-71H2,1-6H3,(H-,76,78,80,81)/b13-10-,22-19-,23-20-,29-27-,30-28-,35-33-,38-37-,42-40-,66-63-. The number of hydrogen-bond donors (Lipinski definition) is 1. The van der Waals surface area contributed by atoms with Crippen LogP contribution in [0.15, 0.2) is 109 Å². The van der Waals surface area contributed by atoms with E-state index in [0.717, 1.165) is 122 Å². The van der Waals surface area contributed by atoms with Crippen molar-refractivity contribution in [2.24, 2.45) is 0 Å². The van der Waals surface area contributed by atoms with E-state index < -0.39 is 26.6 Å². The highest BCUT2D eigenvalue weighted by atomic mass is 31.2. The van der Waals surface area contributed by atoms with E-state index in [-0.39, 0.29) is 24.9 Å². The molecule has 0 aromatic rings. The van der Waals surface area contributed by atoms with E-state index in [1.165, 1.54) is 148 Å². The van der Waals surface area contributed by atoms with Gasteiger partial charge in [0.2, 0.25) is 5.91 Å². The Morgan fingerprint density at radius 1 is 0.424 bits per heavy atom. The van der Waals surface area contributed by atoms with Crippen molar-refractivity contribution >= 4 is 19.7 Å². The summed E-state index contributed by atoms with van der Waals surface area (Å²) in [5, 5.41) is 3.04. The lowest BCUT2D eigenvalue weighted by Crippen LogP contribution is -2.47. The first-order valence-corrected chi connectivity index (χ1v) is 36.7. The van der Waals surface area contributed by atoms with E-state index in [9.17, 15) is 19.0 Å². The summed E-state index contributed by atoms with van der Waals surface area (Å²) in [4.78, 5) is 40.2. The topological polar surface area (TPSA) is 114 Å². The number of amides is 1. The number of phosphoric ester groups is 1. The lowest BCUT2D eigenvalue weighted by molar-refractivity contribution is -0.870. The van der Waals surface area contributed by atoms with Crippen molar-refractivity contribution in [3.8, 4) is 0 Å². The molecule has 0 aromatic carbocycles. The predicted octanol–water partition coefficient (Wildman–Crippen LogP) is 21.8. The SMILES string of the molecule is CC/C=C\C/C=C\C/C=C\C/C=C\C/C=C\C/C=C\CCCCCCCCCCC(=O)OC(/C=C\CCCCCCCCCCC)C(COP(=O)([O-])OCC[N+](C)(C)C)NC(=O)CCCCCCCCCCCCC/C=C\C/C=C\CCCCC. The number of allylic oxidation sites excluding steroid dienone is 17. The number of nitrogens with zero attached hydrogens (tertiary/aromatic N) is 1. The van der Waals surface area contributed by atoms with Gasteiger partial charge in [0.05, 0.1) is 33.8 Å². The van der Waals surface area contributed by atoms with Crippen LogP contribution in [0.5, 0.6) is 0 Å². The Balaban J connectivity index is 5.06. The summed E-state index contributed by atoms with van der Waals surface area (Å²) in [5.74, 6) is -0.553. The third kappa shape index (κ3) is 65.0. The first kappa shape index (κ1) is 81.7. The van der Waals surface area contributed by atoms with E-state index in [0.29, 0.717) is 17.4 Å². The van der Waals surface area contributed by atoms with Crippen LogP contribution in [0.25, 0.3) is 0 Å². The van der Waals surface area contributed by atoms with Gasteiger partial charge in [0.15, 0.2) is 0 Å². The normalized spacial score (nSPS) is 14.2. The van der Waals surface area contributed by atoms with E-state index in [1.54, 1.807) is 0 Å². The molecule has 0 spiro atoms. The van der Waals surface area contributed by atoms with Crippen molar-refractivity contribution in [1.29, 1.82) is 0 Å². The molecule has 0 aromatic heterocycles. The molecule has 0 rings (SSSR count). The highest BCUT2D eigenvalue weighted by Crippen LogP contribution is 2.38. The maximum Gasteiger partial charge on any atom is 0.306 e. The van der Waals surface area contributed by atoms with Crippen LogP contribution in [0.3, 0.4) is 0 Å². The van der Waals surface area contributed by atoms with Gasteiger partial charge in [-0.1, -0.05) is 285 Å². The van der Waals surface area contributed by atoms with Gasteiger partial charge in [-0.2, -0.15) is 0 Å². The van der Waals surface area contributed by atoms with Crippen LogP contribution in [0.2, 0.25) is 0 Å². The molecule has 0 aliphatic carbocycles. The number of quaternary nitrogens is 1. The number of phosphoric acid groups is 1. The first-order chi connectivity index (χ1) is 41.4. The summed E-state index contributed by atoms with van der Waals surface area (Å²) in [6.07, 6.45) is 87.8. The molecule has 0 aliphatic heterocycles. The quantitative estimate of drug-likeness (QED) is 0.0212. The molecule has 490 valence electrons. The summed E-state index contributed by atoms with van der Waals surface area (Å²) >= 11 is 0. The molecule has 0 radical (unpaired) electrons. The molecule has 1 amide bonds. The smallest absolute Gasteiger partial charge is 0.306 e. The number of hydrogen-bond acceptors (Lipinski definition) is 7. The molecule has 3 unspecified atom stereocenters. The molecule has 3 atom stereocenters. The van der Waals surface area contributed by atoms with Crippen LogP contribution in [-0.2, 0) is 27.9 Å². The largest absolute Gasteiger partial charge is 0.756 e. The van der Waals surface area contributed by atoms with E-state index in [2.05, 4.69) is 123 Å². The van der Waals surface area contributed by atoms with Crippen molar-refractivity contribution in [2.45, 2.75) is 315 Å². The minimum atomic E-state index is -4.71. The van der Waals surface area contributed by atoms with Crippen molar-refractivity contribution in [1.82, 2.24) is 5.32 Å². The third-order valence-electron chi connectivity index (χ3n) is 15.2. The molecule has 85 heavy (non-hydrogen) atoms.